The number of carbonyl (C=O) groups excluding carboxylic acids is 1. The molecule has 3 aromatic carbocycles. The molecule has 0 saturated heterocycles. The van der Waals surface area contributed by atoms with Gasteiger partial charge in [-0.3, -0.25) is 9.10 Å². The van der Waals surface area contributed by atoms with Crippen LogP contribution in [-0.2, 0) is 14.8 Å². The number of carbonyl (C=O) groups is 1. The van der Waals surface area contributed by atoms with Gasteiger partial charge < -0.3 is 0 Å². The molecule has 0 atom stereocenters. The van der Waals surface area contributed by atoms with Gasteiger partial charge in [-0.1, -0.05) is 69.5 Å². The van der Waals surface area contributed by atoms with Crippen LogP contribution in [0.2, 0.25) is 5.02 Å². The fourth-order valence-corrected chi connectivity index (χ4v) is 4.85. The molecule has 0 aliphatic rings. The average molecular weight is 535 g/mol. The zero-order chi connectivity index (χ0) is 23.3. The quantitative estimate of drug-likeness (QED) is 0.336. The predicted octanol–water partition coefficient (Wildman–Crippen LogP) is 5.15. The molecule has 0 aliphatic heterocycles. The molecular weight excluding hydrogens is 514 g/mol. The summed E-state index contributed by atoms with van der Waals surface area (Å²) in [6.45, 7) is 3.12. The monoisotopic (exact) mass is 533 g/mol. The van der Waals surface area contributed by atoms with Crippen molar-refractivity contribution in [3.63, 3.8) is 0 Å². The van der Waals surface area contributed by atoms with E-state index in [9.17, 15) is 13.2 Å². The summed E-state index contributed by atoms with van der Waals surface area (Å²) in [5.41, 5.74) is 4.97. The first-order chi connectivity index (χ1) is 15.2. The van der Waals surface area contributed by atoms with E-state index in [-0.39, 0.29) is 15.6 Å². The molecule has 32 heavy (non-hydrogen) atoms. The Hall–Kier alpha value is -2.68. The highest BCUT2D eigenvalue weighted by atomic mass is 79.9. The van der Waals surface area contributed by atoms with Gasteiger partial charge in [0.1, 0.15) is 6.54 Å². The average Bonchev–Trinajstić information content (AvgIpc) is 2.77. The smallest absolute Gasteiger partial charge is 0.264 e. The summed E-state index contributed by atoms with van der Waals surface area (Å²) < 4.78 is 28.7. The number of amides is 1. The van der Waals surface area contributed by atoms with Gasteiger partial charge in [-0.2, -0.15) is 5.10 Å². The Kier molecular flexibility index (Phi) is 7.71. The van der Waals surface area contributed by atoms with Crippen molar-refractivity contribution in [1.82, 2.24) is 5.43 Å². The number of hydrazone groups is 1. The zero-order valence-corrected chi connectivity index (χ0v) is 20.6. The maximum Gasteiger partial charge on any atom is 0.264 e. The van der Waals surface area contributed by atoms with Crippen LogP contribution in [0.25, 0.3) is 0 Å². The molecule has 9 heteroatoms. The van der Waals surface area contributed by atoms with Gasteiger partial charge in [0, 0.05) is 4.47 Å². The molecule has 0 aliphatic carbocycles. The van der Waals surface area contributed by atoms with Crippen LogP contribution in [0.1, 0.15) is 18.1 Å². The van der Waals surface area contributed by atoms with Gasteiger partial charge in [0.05, 0.1) is 21.3 Å². The van der Waals surface area contributed by atoms with Gasteiger partial charge in [0.2, 0.25) is 0 Å². The third-order valence-electron chi connectivity index (χ3n) is 4.63. The molecule has 0 radical (unpaired) electrons. The standard InChI is InChI=1S/C23H21BrClN3O3S/c1-16-7-13-20(14-8-16)32(30,31)28(22-6-4-3-5-21(22)25)15-23(29)27-26-17(2)18-9-11-19(24)12-10-18/h3-14H,15H2,1-2H3,(H,27,29)/b26-17-. The molecule has 0 spiro atoms. The number of anilines is 1. The van der Waals surface area contributed by atoms with E-state index >= 15 is 0 Å². The highest BCUT2D eigenvalue weighted by molar-refractivity contribution is 9.10. The van der Waals surface area contributed by atoms with Crippen LogP contribution in [0.5, 0.6) is 0 Å². The minimum Gasteiger partial charge on any atom is -0.271 e. The lowest BCUT2D eigenvalue weighted by Gasteiger charge is -2.24. The maximum absolute atomic E-state index is 13.4. The summed E-state index contributed by atoms with van der Waals surface area (Å²) in [5, 5.41) is 4.32. The van der Waals surface area contributed by atoms with E-state index in [2.05, 4.69) is 26.5 Å². The number of halogens is 2. The van der Waals surface area contributed by atoms with Crippen LogP contribution in [0.15, 0.2) is 87.3 Å². The second-order valence-corrected chi connectivity index (χ2v) is 10.2. The number of hydrogen-bond donors (Lipinski definition) is 1. The second-order valence-electron chi connectivity index (χ2n) is 7.02. The number of nitrogens with zero attached hydrogens (tertiary/aromatic N) is 2. The lowest BCUT2D eigenvalue weighted by molar-refractivity contribution is -0.119. The first-order valence-electron chi connectivity index (χ1n) is 9.61. The van der Waals surface area contributed by atoms with Gasteiger partial charge in [0.15, 0.2) is 0 Å². The van der Waals surface area contributed by atoms with Crippen LogP contribution >= 0.6 is 27.5 Å². The SMILES string of the molecule is C/C(=N/NC(=O)CN(c1ccccc1Cl)S(=O)(=O)c1ccc(C)cc1)c1ccc(Br)cc1. The topological polar surface area (TPSA) is 78.8 Å². The third-order valence-corrected chi connectivity index (χ3v) is 7.25. The summed E-state index contributed by atoms with van der Waals surface area (Å²) in [5.74, 6) is -0.600. The number of benzene rings is 3. The Morgan fingerprint density at radius 1 is 1.03 bits per heavy atom. The Balaban J connectivity index is 1.88. The lowest BCUT2D eigenvalue weighted by Crippen LogP contribution is -2.40. The molecule has 6 nitrogen and oxygen atoms in total. The first kappa shape index (κ1) is 24.0. The number of sulfonamides is 1. The van der Waals surface area contributed by atoms with E-state index in [4.69, 9.17) is 11.6 Å². The molecule has 3 aromatic rings. The summed E-state index contributed by atoms with van der Waals surface area (Å²) in [4.78, 5) is 12.7. The molecule has 0 aromatic heterocycles. The Labute approximate surface area is 201 Å². The summed E-state index contributed by atoms with van der Waals surface area (Å²) in [7, 11) is -4.05. The van der Waals surface area contributed by atoms with Crippen molar-refractivity contribution in [3.05, 3.63) is 93.4 Å². The van der Waals surface area contributed by atoms with Gasteiger partial charge in [-0.15, -0.1) is 0 Å². The Bertz CT molecular complexity index is 1240. The predicted molar refractivity (Wildman–Crippen MR) is 132 cm³/mol. The van der Waals surface area contributed by atoms with Gasteiger partial charge in [-0.05, 0) is 55.8 Å². The Morgan fingerprint density at radius 2 is 1.66 bits per heavy atom. The van der Waals surface area contributed by atoms with E-state index in [1.165, 1.54) is 12.1 Å². The van der Waals surface area contributed by atoms with Crippen molar-refractivity contribution in [2.75, 3.05) is 10.8 Å². The minimum atomic E-state index is -4.05. The molecule has 0 bridgehead atoms. The van der Waals surface area contributed by atoms with Crippen LogP contribution in [0, 0.1) is 6.92 Å². The van der Waals surface area contributed by atoms with Crippen LogP contribution < -0.4 is 9.73 Å². The molecular formula is C23H21BrClN3O3S. The van der Waals surface area contributed by atoms with Crippen molar-refractivity contribution >= 4 is 54.9 Å². The molecule has 3 rings (SSSR count). The number of aryl methyl sites for hydroxylation is 1. The largest absolute Gasteiger partial charge is 0.271 e. The minimum absolute atomic E-state index is 0.0605. The molecule has 1 amide bonds. The first-order valence-corrected chi connectivity index (χ1v) is 12.2. The van der Waals surface area contributed by atoms with E-state index in [1.54, 1.807) is 43.3 Å². The molecule has 0 heterocycles. The number of nitrogens with one attached hydrogen (secondary N) is 1. The number of rotatable bonds is 7. The summed E-state index contributed by atoms with van der Waals surface area (Å²) in [6, 6.07) is 20.3. The Morgan fingerprint density at radius 3 is 2.28 bits per heavy atom. The van der Waals surface area contributed by atoms with Gasteiger partial charge >= 0.3 is 0 Å². The number of hydrogen-bond acceptors (Lipinski definition) is 4. The molecule has 0 saturated carbocycles. The van der Waals surface area contributed by atoms with Crippen molar-refractivity contribution in [2.24, 2.45) is 5.10 Å². The lowest BCUT2D eigenvalue weighted by atomic mass is 10.1. The maximum atomic E-state index is 13.4. The van der Waals surface area contributed by atoms with Gasteiger partial charge in [-0.25, -0.2) is 13.8 Å². The van der Waals surface area contributed by atoms with Crippen molar-refractivity contribution in [3.8, 4) is 0 Å². The van der Waals surface area contributed by atoms with Crippen molar-refractivity contribution in [2.45, 2.75) is 18.7 Å². The fourth-order valence-electron chi connectivity index (χ4n) is 2.86. The van der Waals surface area contributed by atoms with Gasteiger partial charge in [0.25, 0.3) is 15.9 Å². The van der Waals surface area contributed by atoms with Crippen LogP contribution in [0.3, 0.4) is 0 Å². The highest BCUT2D eigenvalue weighted by Crippen LogP contribution is 2.30. The molecule has 0 unspecified atom stereocenters. The normalized spacial score (nSPS) is 11.8. The van der Waals surface area contributed by atoms with E-state index in [0.717, 1.165) is 19.9 Å². The third kappa shape index (κ3) is 5.76. The zero-order valence-electron chi connectivity index (χ0n) is 17.4. The molecule has 166 valence electrons. The molecule has 0 fully saturated rings. The second kappa shape index (κ2) is 10.3. The van der Waals surface area contributed by atoms with E-state index in [0.29, 0.717) is 5.71 Å². The van der Waals surface area contributed by atoms with Crippen molar-refractivity contribution < 1.29 is 13.2 Å². The fraction of sp³-hybridized carbons (Fsp3) is 0.130. The van der Waals surface area contributed by atoms with E-state index in [1.807, 2.05) is 31.2 Å². The summed E-state index contributed by atoms with van der Waals surface area (Å²) >= 11 is 9.64. The summed E-state index contributed by atoms with van der Waals surface area (Å²) in [6.07, 6.45) is 0. The van der Waals surface area contributed by atoms with Crippen LogP contribution in [0.4, 0.5) is 5.69 Å². The van der Waals surface area contributed by atoms with Crippen LogP contribution in [-0.4, -0.2) is 26.6 Å². The highest BCUT2D eigenvalue weighted by Gasteiger charge is 2.28. The van der Waals surface area contributed by atoms with Crippen molar-refractivity contribution in [1.29, 1.82) is 0 Å². The number of para-hydroxylation sites is 1. The molecule has 1 N–H and O–H groups in total. The van der Waals surface area contributed by atoms with E-state index < -0.39 is 22.5 Å².